The first-order valence-electron chi connectivity index (χ1n) is 7.62. The van der Waals surface area contributed by atoms with Crippen LogP contribution in [0.25, 0.3) is 10.8 Å². The van der Waals surface area contributed by atoms with Crippen molar-refractivity contribution in [2.24, 2.45) is 0 Å². The van der Waals surface area contributed by atoms with Crippen molar-refractivity contribution in [2.75, 3.05) is 7.05 Å². The summed E-state index contributed by atoms with van der Waals surface area (Å²) in [7, 11) is 1.66. The fraction of sp³-hybridized carbons (Fsp3) is 0.158. The van der Waals surface area contributed by atoms with Crippen molar-refractivity contribution in [3.8, 4) is 0 Å². The Morgan fingerprint density at radius 3 is 2.50 bits per heavy atom. The molecule has 0 aliphatic rings. The SMILES string of the molecule is CC(c1ccc(F)cc1)N(C)C(=O)c1cc2ccccc2c(=O)[nH]1. The van der Waals surface area contributed by atoms with Gasteiger partial charge in [-0.2, -0.15) is 0 Å². The van der Waals surface area contributed by atoms with Crippen LogP contribution in [0, 0.1) is 5.82 Å². The number of rotatable bonds is 3. The van der Waals surface area contributed by atoms with Crippen molar-refractivity contribution >= 4 is 16.7 Å². The molecule has 1 atom stereocenters. The molecule has 0 spiro atoms. The molecule has 24 heavy (non-hydrogen) atoms. The summed E-state index contributed by atoms with van der Waals surface area (Å²) < 4.78 is 13.0. The van der Waals surface area contributed by atoms with E-state index in [0.29, 0.717) is 10.8 Å². The molecule has 0 aliphatic carbocycles. The third-order valence-electron chi connectivity index (χ3n) is 4.24. The van der Waals surface area contributed by atoms with Crippen LogP contribution in [-0.2, 0) is 0 Å². The second-order valence-corrected chi connectivity index (χ2v) is 5.74. The van der Waals surface area contributed by atoms with Crippen LogP contribution in [0.3, 0.4) is 0 Å². The number of hydrogen-bond acceptors (Lipinski definition) is 2. The average Bonchev–Trinajstić information content (AvgIpc) is 2.60. The molecular weight excluding hydrogens is 307 g/mol. The standard InChI is InChI=1S/C19H17FN2O2/c1-12(13-7-9-15(20)10-8-13)22(2)19(24)17-11-14-5-3-4-6-16(14)18(23)21-17/h3-12H,1-2H3,(H,21,23). The minimum atomic E-state index is -0.321. The highest BCUT2D eigenvalue weighted by Gasteiger charge is 2.20. The largest absolute Gasteiger partial charge is 0.334 e. The van der Waals surface area contributed by atoms with Gasteiger partial charge in [0.2, 0.25) is 0 Å². The average molecular weight is 324 g/mol. The number of pyridine rings is 1. The molecule has 122 valence electrons. The number of fused-ring (bicyclic) bond motifs is 1. The van der Waals surface area contributed by atoms with E-state index in [1.807, 2.05) is 13.0 Å². The van der Waals surface area contributed by atoms with Gasteiger partial charge in [0.15, 0.2) is 0 Å². The van der Waals surface area contributed by atoms with Crippen LogP contribution in [0.2, 0.25) is 0 Å². The molecule has 1 heterocycles. The van der Waals surface area contributed by atoms with Gasteiger partial charge in [0.25, 0.3) is 11.5 Å². The molecule has 1 amide bonds. The van der Waals surface area contributed by atoms with E-state index < -0.39 is 0 Å². The van der Waals surface area contributed by atoms with Crippen LogP contribution in [0.4, 0.5) is 4.39 Å². The summed E-state index contributed by atoms with van der Waals surface area (Å²) in [4.78, 5) is 29.0. The van der Waals surface area contributed by atoms with Crippen LogP contribution in [0.1, 0.15) is 29.0 Å². The fourth-order valence-corrected chi connectivity index (χ4v) is 2.66. The van der Waals surface area contributed by atoms with E-state index in [9.17, 15) is 14.0 Å². The minimum absolute atomic E-state index is 0.232. The molecule has 0 saturated heterocycles. The lowest BCUT2D eigenvalue weighted by atomic mass is 10.1. The second-order valence-electron chi connectivity index (χ2n) is 5.74. The van der Waals surface area contributed by atoms with Crippen molar-refractivity contribution in [1.29, 1.82) is 0 Å². The molecule has 0 fully saturated rings. The molecule has 0 bridgehead atoms. The van der Waals surface area contributed by atoms with Gasteiger partial charge in [-0.25, -0.2) is 4.39 Å². The Hall–Kier alpha value is -2.95. The normalized spacial score (nSPS) is 12.1. The Morgan fingerprint density at radius 2 is 1.79 bits per heavy atom. The lowest BCUT2D eigenvalue weighted by Gasteiger charge is -2.25. The highest BCUT2D eigenvalue weighted by Crippen LogP contribution is 2.21. The van der Waals surface area contributed by atoms with Gasteiger partial charge in [-0.3, -0.25) is 9.59 Å². The maximum atomic E-state index is 13.0. The molecule has 1 aromatic heterocycles. The number of hydrogen-bond donors (Lipinski definition) is 1. The minimum Gasteiger partial charge on any atom is -0.334 e. The summed E-state index contributed by atoms with van der Waals surface area (Å²) in [6, 6.07) is 14.5. The molecule has 0 radical (unpaired) electrons. The van der Waals surface area contributed by atoms with Crippen molar-refractivity contribution in [3.63, 3.8) is 0 Å². The van der Waals surface area contributed by atoms with Crippen molar-refractivity contribution < 1.29 is 9.18 Å². The zero-order valence-corrected chi connectivity index (χ0v) is 13.4. The Bertz CT molecular complexity index is 947. The Labute approximate surface area is 138 Å². The van der Waals surface area contributed by atoms with Gasteiger partial charge in [-0.15, -0.1) is 0 Å². The molecule has 0 saturated carbocycles. The van der Waals surface area contributed by atoms with Crippen LogP contribution in [0.15, 0.2) is 59.4 Å². The summed E-state index contributed by atoms with van der Waals surface area (Å²) in [6.45, 7) is 1.85. The first-order valence-corrected chi connectivity index (χ1v) is 7.62. The zero-order chi connectivity index (χ0) is 17.3. The number of nitrogens with one attached hydrogen (secondary N) is 1. The summed E-state index contributed by atoms with van der Waals surface area (Å²) in [5.41, 5.74) is 0.754. The predicted molar refractivity (Wildman–Crippen MR) is 91.5 cm³/mol. The molecular formula is C19H17FN2O2. The van der Waals surface area contributed by atoms with E-state index >= 15 is 0 Å². The van der Waals surface area contributed by atoms with E-state index in [2.05, 4.69) is 4.98 Å². The third-order valence-corrected chi connectivity index (χ3v) is 4.24. The fourth-order valence-electron chi connectivity index (χ4n) is 2.66. The van der Waals surface area contributed by atoms with Gasteiger partial charge in [0, 0.05) is 12.4 Å². The summed E-state index contributed by atoms with van der Waals surface area (Å²) in [5.74, 6) is -0.617. The summed E-state index contributed by atoms with van der Waals surface area (Å²) in [5, 5.41) is 1.26. The summed E-state index contributed by atoms with van der Waals surface area (Å²) >= 11 is 0. The third kappa shape index (κ3) is 2.93. The van der Waals surface area contributed by atoms with E-state index in [0.717, 1.165) is 5.56 Å². The number of aromatic amines is 1. The molecule has 3 aromatic rings. The van der Waals surface area contributed by atoms with Crippen molar-refractivity contribution in [1.82, 2.24) is 9.88 Å². The van der Waals surface area contributed by atoms with E-state index in [1.165, 1.54) is 17.0 Å². The van der Waals surface area contributed by atoms with Gasteiger partial charge in [0.1, 0.15) is 11.5 Å². The number of carbonyl (C=O) groups excluding carboxylic acids is 1. The van der Waals surface area contributed by atoms with Gasteiger partial charge in [-0.05, 0) is 42.1 Å². The number of nitrogens with zero attached hydrogens (tertiary/aromatic N) is 1. The van der Waals surface area contributed by atoms with Crippen molar-refractivity contribution in [2.45, 2.75) is 13.0 Å². The molecule has 1 N–H and O–H groups in total. The van der Waals surface area contributed by atoms with E-state index in [4.69, 9.17) is 0 Å². The molecule has 5 heteroatoms. The van der Waals surface area contributed by atoms with Crippen LogP contribution >= 0.6 is 0 Å². The monoisotopic (exact) mass is 324 g/mol. The highest BCUT2D eigenvalue weighted by molar-refractivity contribution is 5.96. The van der Waals surface area contributed by atoms with Crippen molar-refractivity contribution in [3.05, 3.63) is 82.0 Å². The van der Waals surface area contributed by atoms with E-state index in [1.54, 1.807) is 43.4 Å². The second kappa shape index (κ2) is 6.28. The maximum absolute atomic E-state index is 13.0. The quantitative estimate of drug-likeness (QED) is 0.802. The number of H-pyrrole nitrogens is 1. The van der Waals surface area contributed by atoms with E-state index in [-0.39, 0.29) is 29.0 Å². The molecule has 1 unspecified atom stereocenters. The van der Waals surface area contributed by atoms with Gasteiger partial charge >= 0.3 is 0 Å². The Balaban J connectivity index is 1.93. The number of halogens is 1. The number of amides is 1. The lowest BCUT2D eigenvalue weighted by molar-refractivity contribution is 0.0736. The number of aromatic nitrogens is 1. The molecule has 0 aliphatic heterocycles. The lowest BCUT2D eigenvalue weighted by Crippen LogP contribution is -2.31. The van der Waals surface area contributed by atoms with Gasteiger partial charge in [0.05, 0.1) is 6.04 Å². The van der Waals surface area contributed by atoms with Crippen LogP contribution in [0.5, 0.6) is 0 Å². The molecule has 4 nitrogen and oxygen atoms in total. The number of benzene rings is 2. The van der Waals surface area contributed by atoms with Gasteiger partial charge in [-0.1, -0.05) is 30.3 Å². The smallest absolute Gasteiger partial charge is 0.270 e. The van der Waals surface area contributed by atoms with Crippen LogP contribution in [-0.4, -0.2) is 22.8 Å². The first-order chi connectivity index (χ1) is 11.5. The zero-order valence-electron chi connectivity index (χ0n) is 13.4. The highest BCUT2D eigenvalue weighted by atomic mass is 19.1. The summed E-state index contributed by atoms with van der Waals surface area (Å²) in [6.07, 6.45) is 0. The van der Waals surface area contributed by atoms with Crippen LogP contribution < -0.4 is 5.56 Å². The Morgan fingerprint density at radius 1 is 1.12 bits per heavy atom. The topological polar surface area (TPSA) is 53.2 Å². The van der Waals surface area contributed by atoms with Gasteiger partial charge < -0.3 is 9.88 Å². The number of carbonyl (C=O) groups is 1. The predicted octanol–water partition coefficient (Wildman–Crippen LogP) is 3.50. The first kappa shape index (κ1) is 15.9. The maximum Gasteiger partial charge on any atom is 0.270 e. The molecule has 2 aromatic carbocycles. The molecule has 3 rings (SSSR count). The Kier molecular flexibility index (Phi) is 4.16.